The van der Waals surface area contributed by atoms with E-state index in [0.717, 1.165) is 17.5 Å². The zero-order valence-electron chi connectivity index (χ0n) is 17.4. The van der Waals surface area contributed by atoms with Crippen LogP contribution in [-0.2, 0) is 31.9 Å². The summed E-state index contributed by atoms with van der Waals surface area (Å²) in [5, 5.41) is 10.3. The highest BCUT2D eigenvalue weighted by Gasteiger charge is 2.37. The van der Waals surface area contributed by atoms with Crippen LogP contribution in [0.15, 0.2) is 48.5 Å². The van der Waals surface area contributed by atoms with Gasteiger partial charge >= 0.3 is 19.1 Å². The molecule has 8 heteroatoms. The van der Waals surface area contributed by atoms with E-state index in [0.29, 0.717) is 12.8 Å². The van der Waals surface area contributed by atoms with E-state index in [9.17, 15) is 19.4 Å². The van der Waals surface area contributed by atoms with Gasteiger partial charge in [0.2, 0.25) is 6.79 Å². The second-order valence-corrected chi connectivity index (χ2v) is 7.49. The Labute approximate surface area is 181 Å². The molecule has 7 nitrogen and oxygen atoms in total. The van der Waals surface area contributed by atoms with Crippen LogP contribution in [-0.4, -0.2) is 36.7 Å². The Morgan fingerprint density at radius 3 is 2.61 bits per heavy atom. The van der Waals surface area contributed by atoms with Crippen LogP contribution >= 0.6 is 0 Å². The lowest BCUT2D eigenvalue weighted by Crippen LogP contribution is -2.36. The fourth-order valence-electron chi connectivity index (χ4n) is 3.53. The standard InChI is InChI=1S/C23H25BO7/c1-2-7-19(25)14-18-13-17-10-6-11-20(22(17)31-24(18)28)23(27)30-15-29-21(26)12-16-8-4-3-5-9-16/h3-6,8-11,18,28H,2,7,12-15H2,1H3/t18-/m1/s1. The van der Waals surface area contributed by atoms with E-state index >= 15 is 0 Å². The molecule has 3 rings (SSSR count). The summed E-state index contributed by atoms with van der Waals surface area (Å²) in [6.07, 6.45) is 1.93. The van der Waals surface area contributed by atoms with Gasteiger partial charge in [0.1, 0.15) is 17.1 Å². The van der Waals surface area contributed by atoms with Gasteiger partial charge in [-0.3, -0.25) is 9.59 Å². The molecule has 31 heavy (non-hydrogen) atoms. The third-order valence-electron chi connectivity index (χ3n) is 5.06. The predicted molar refractivity (Wildman–Crippen MR) is 114 cm³/mol. The second-order valence-electron chi connectivity index (χ2n) is 7.49. The Hall–Kier alpha value is -3.13. The molecular formula is C23H25BO7. The molecule has 0 fully saturated rings. The highest BCUT2D eigenvalue weighted by atomic mass is 16.7. The van der Waals surface area contributed by atoms with E-state index in [1.807, 2.05) is 25.1 Å². The van der Waals surface area contributed by atoms with Crippen molar-refractivity contribution in [2.75, 3.05) is 6.79 Å². The molecule has 1 atom stereocenters. The zero-order chi connectivity index (χ0) is 22.2. The van der Waals surface area contributed by atoms with Gasteiger partial charge in [-0.15, -0.1) is 0 Å². The van der Waals surface area contributed by atoms with Crippen molar-refractivity contribution in [3.05, 3.63) is 65.2 Å². The van der Waals surface area contributed by atoms with Gasteiger partial charge in [-0.05, 0) is 30.0 Å². The molecule has 0 aliphatic carbocycles. The number of benzene rings is 2. The van der Waals surface area contributed by atoms with Gasteiger partial charge in [-0.1, -0.05) is 49.4 Å². The first kappa shape index (κ1) is 22.6. The number of fused-ring (bicyclic) bond motifs is 1. The van der Waals surface area contributed by atoms with Crippen molar-refractivity contribution in [3.8, 4) is 5.75 Å². The molecule has 0 radical (unpaired) electrons. The number of carbonyl (C=O) groups is 3. The van der Waals surface area contributed by atoms with Crippen LogP contribution in [0.25, 0.3) is 0 Å². The molecule has 0 saturated carbocycles. The summed E-state index contributed by atoms with van der Waals surface area (Å²) >= 11 is 0. The number of ether oxygens (including phenoxy) is 2. The molecular weight excluding hydrogens is 399 g/mol. The van der Waals surface area contributed by atoms with Crippen molar-refractivity contribution >= 4 is 24.8 Å². The third kappa shape index (κ3) is 6.18. The van der Waals surface area contributed by atoms with Gasteiger partial charge in [0, 0.05) is 18.7 Å². The third-order valence-corrected chi connectivity index (χ3v) is 5.06. The van der Waals surface area contributed by atoms with Crippen LogP contribution in [0.4, 0.5) is 0 Å². The van der Waals surface area contributed by atoms with Gasteiger partial charge in [0.25, 0.3) is 0 Å². The highest BCUT2D eigenvalue weighted by Crippen LogP contribution is 2.36. The number of hydrogen-bond acceptors (Lipinski definition) is 7. The quantitative estimate of drug-likeness (QED) is 0.375. The van der Waals surface area contributed by atoms with Crippen LogP contribution in [0.3, 0.4) is 0 Å². The van der Waals surface area contributed by atoms with E-state index in [1.165, 1.54) is 6.07 Å². The number of carbonyl (C=O) groups excluding carboxylic acids is 3. The van der Waals surface area contributed by atoms with Crippen molar-refractivity contribution in [2.45, 2.75) is 44.8 Å². The van der Waals surface area contributed by atoms with Gasteiger partial charge in [0.15, 0.2) is 0 Å². The molecule has 1 aliphatic rings. The van der Waals surface area contributed by atoms with Crippen LogP contribution in [0.2, 0.25) is 5.82 Å². The molecule has 2 aromatic rings. The minimum atomic E-state index is -1.19. The van der Waals surface area contributed by atoms with Gasteiger partial charge < -0.3 is 19.2 Å². The number of esters is 2. The lowest BCUT2D eigenvalue weighted by Gasteiger charge is -2.28. The minimum Gasteiger partial charge on any atom is -0.535 e. The van der Waals surface area contributed by atoms with E-state index < -0.39 is 25.8 Å². The molecule has 0 saturated heterocycles. The van der Waals surface area contributed by atoms with Crippen molar-refractivity contribution < 1.29 is 33.5 Å². The van der Waals surface area contributed by atoms with Gasteiger partial charge in [0.05, 0.1) is 6.42 Å². The summed E-state index contributed by atoms with van der Waals surface area (Å²) in [5.74, 6) is -1.30. The van der Waals surface area contributed by atoms with Crippen LogP contribution in [0.5, 0.6) is 5.75 Å². The molecule has 0 bridgehead atoms. The lowest BCUT2D eigenvalue weighted by atomic mass is 9.64. The number of ketones is 1. The average molecular weight is 424 g/mol. The number of hydrogen-bond donors (Lipinski definition) is 1. The van der Waals surface area contributed by atoms with E-state index in [1.54, 1.807) is 24.3 Å². The first-order valence-electron chi connectivity index (χ1n) is 10.3. The second kappa shape index (κ2) is 10.8. The Balaban J connectivity index is 1.57. The van der Waals surface area contributed by atoms with E-state index in [2.05, 4.69) is 0 Å². The van der Waals surface area contributed by atoms with E-state index in [4.69, 9.17) is 14.1 Å². The largest absolute Gasteiger partial charge is 0.535 e. The lowest BCUT2D eigenvalue weighted by molar-refractivity contribution is -0.151. The Bertz CT molecular complexity index is 929. The van der Waals surface area contributed by atoms with Crippen LogP contribution in [0.1, 0.15) is 47.7 Å². The van der Waals surface area contributed by atoms with Gasteiger partial charge in [-0.2, -0.15) is 0 Å². The number of Topliss-reactive ketones (excluding diaryl/α,β-unsaturated/α-hetero) is 1. The van der Waals surface area contributed by atoms with Crippen LogP contribution in [0, 0.1) is 0 Å². The summed E-state index contributed by atoms with van der Waals surface area (Å²) in [4.78, 5) is 36.3. The molecule has 1 N–H and O–H groups in total. The number of rotatable bonds is 9. The Morgan fingerprint density at radius 2 is 1.87 bits per heavy atom. The summed E-state index contributed by atoms with van der Waals surface area (Å²) in [6.45, 7) is 1.41. The highest BCUT2D eigenvalue weighted by molar-refractivity contribution is 6.47. The summed E-state index contributed by atoms with van der Waals surface area (Å²) in [7, 11) is -1.19. The fraction of sp³-hybridized carbons (Fsp3) is 0.348. The van der Waals surface area contributed by atoms with Crippen molar-refractivity contribution in [2.24, 2.45) is 0 Å². The normalized spacial score (nSPS) is 14.9. The first-order valence-corrected chi connectivity index (χ1v) is 10.3. The van der Waals surface area contributed by atoms with E-state index in [-0.39, 0.29) is 35.8 Å². The maximum Gasteiger partial charge on any atom is 0.526 e. The van der Waals surface area contributed by atoms with Crippen LogP contribution < -0.4 is 4.65 Å². The summed E-state index contributed by atoms with van der Waals surface area (Å²) in [6, 6.07) is 14.1. The average Bonchev–Trinajstić information content (AvgIpc) is 2.74. The zero-order valence-corrected chi connectivity index (χ0v) is 17.4. The topological polar surface area (TPSA) is 99.1 Å². The Kier molecular flexibility index (Phi) is 7.84. The SMILES string of the molecule is CCCC(=O)C[C@H]1Cc2cccc(C(=O)OCOC(=O)Cc3ccccc3)c2OB1O. The predicted octanol–water partition coefficient (Wildman–Crippen LogP) is 3.13. The molecule has 0 spiro atoms. The molecule has 162 valence electrons. The molecule has 0 unspecified atom stereocenters. The van der Waals surface area contributed by atoms with Gasteiger partial charge in [-0.25, -0.2) is 4.79 Å². The summed E-state index contributed by atoms with van der Waals surface area (Å²) < 4.78 is 15.6. The fourth-order valence-corrected chi connectivity index (χ4v) is 3.53. The molecule has 1 aliphatic heterocycles. The Morgan fingerprint density at radius 1 is 1.10 bits per heavy atom. The maximum atomic E-state index is 12.5. The molecule has 2 aromatic carbocycles. The minimum absolute atomic E-state index is 0.0754. The number of para-hydroxylation sites is 1. The molecule has 0 amide bonds. The smallest absolute Gasteiger partial charge is 0.526 e. The van der Waals surface area contributed by atoms with Crippen molar-refractivity contribution in [1.82, 2.24) is 0 Å². The molecule has 0 aromatic heterocycles. The first-order chi connectivity index (χ1) is 15.0. The molecule has 1 heterocycles. The monoisotopic (exact) mass is 424 g/mol. The maximum absolute atomic E-state index is 12.5. The summed E-state index contributed by atoms with van der Waals surface area (Å²) in [5.41, 5.74) is 1.65. The van der Waals surface area contributed by atoms with Crippen molar-refractivity contribution in [1.29, 1.82) is 0 Å². The van der Waals surface area contributed by atoms with Crippen molar-refractivity contribution in [3.63, 3.8) is 0 Å².